The Labute approximate surface area is 185 Å². The topological polar surface area (TPSA) is 130 Å². The van der Waals surface area contributed by atoms with Gasteiger partial charge in [-0.15, -0.1) is 0 Å². The van der Waals surface area contributed by atoms with E-state index in [0.717, 1.165) is 7.11 Å². The first-order valence-corrected chi connectivity index (χ1v) is 11.2. The maximum Gasteiger partial charge on any atom is 0.587 e. The van der Waals surface area contributed by atoms with Crippen LogP contribution >= 0.6 is 7.82 Å². The van der Waals surface area contributed by atoms with Gasteiger partial charge >= 0.3 is 13.8 Å². The van der Waals surface area contributed by atoms with Gasteiger partial charge in [-0.05, 0) is 24.3 Å². The highest BCUT2D eigenvalue weighted by molar-refractivity contribution is 7.49. The molecule has 0 bridgehead atoms. The number of para-hydroxylation sites is 2. The summed E-state index contributed by atoms with van der Waals surface area (Å²) >= 11 is 0. The second kappa shape index (κ2) is 10.4. The molecule has 10 nitrogen and oxygen atoms in total. The molecular weight excluding hydrogens is 443 g/mol. The fraction of sp³-hybridized carbons (Fsp3) is 0.381. The zero-order chi connectivity index (χ0) is 23.2. The Balaban J connectivity index is 1.80. The van der Waals surface area contributed by atoms with Gasteiger partial charge in [0.25, 0.3) is 5.79 Å². The van der Waals surface area contributed by atoms with E-state index in [1.165, 1.54) is 7.11 Å². The minimum absolute atomic E-state index is 0.220. The highest BCUT2D eigenvalue weighted by Crippen LogP contribution is 2.50. The second-order valence-corrected chi connectivity index (χ2v) is 8.44. The molecule has 4 atom stereocenters. The van der Waals surface area contributed by atoms with Crippen molar-refractivity contribution in [3.05, 3.63) is 60.7 Å². The molecule has 3 rings (SSSR count). The molecule has 32 heavy (non-hydrogen) atoms. The number of aliphatic hydroxyl groups excluding tert-OH is 2. The summed E-state index contributed by atoms with van der Waals surface area (Å²) in [6, 6.07) is 16.5. The number of methoxy groups -OCH3 is 2. The number of carbonyl (C=O) groups excluding carboxylic acids is 1. The molecule has 0 radical (unpaired) electrons. The predicted molar refractivity (Wildman–Crippen MR) is 111 cm³/mol. The van der Waals surface area contributed by atoms with E-state index >= 15 is 0 Å². The number of phosphoric ester groups is 1. The first kappa shape index (κ1) is 24.2. The van der Waals surface area contributed by atoms with Crippen molar-refractivity contribution < 1.29 is 47.4 Å². The number of phosphoric acid groups is 1. The Hall–Kier alpha value is -2.46. The van der Waals surface area contributed by atoms with Crippen LogP contribution in [0.1, 0.15) is 6.42 Å². The first-order chi connectivity index (χ1) is 15.3. The van der Waals surface area contributed by atoms with Gasteiger partial charge in [-0.3, -0.25) is 4.52 Å². The van der Waals surface area contributed by atoms with E-state index in [4.69, 9.17) is 27.8 Å². The molecule has 2 aromatic carbocycles. The van der Waals surface area contributed by atoms with Crippen molar-refractivity contribution in [2.24, 2.45) is 0 Å². The Kier molecular flexibility index (Phi) is 7.89. The third-order valence-electron chi connectivity index (χ3n) is 4.74. The standard InChI is InChI=1S/C21H25O10P/c1-26-20(24)21(27-2)13-17(22)19(23)18(29-21)14-28-32(25,30-15-9-5-3-6-10-15)31-16-11-7-4-8-12-16/h3-12,17-19,22-23H,13-14H2,1-2H3/t17-,18-,19+,21?/m1/s1. The lowest BCUT2D eigenvalue weighted by Gasteiger charge is -2.42. The molecule has 2 aromatic rings. The van der Waals surface area contributed by atoms with E-state index in [1.807, 2.05) is 0 Å². The summed E-state index contributed by atoms with van der Waals surface area (Å²) in [5.74, 6) is -2.43. The average Bonchev–Trinajstić information content (AvgIpc) is 2.80. The lowest BCUT2D eigenvalue weighted by Crippen LogP contribution is -2.60. The molecule has 1 saturated heterocycles. The Morgan fingerprint density at radius 1 is 1.03 bits per heavy atom. The van der Waals surface area contributed by atoms with E-state index < -0.39 is 44.5 Å². The van der Waals surface area contributed by atoms with Crippen LogP contribution in [0.2, 0.25) is 0 Å². The van der Waals surface area contributed by atoms with Crippen molar-refractivity contribution in [2.45, 2.75) is 30.5 Å². The lowest BCUT2D eigenvalue weighted by atomic mass is 9.95. The predicted octanol–water partition coefficient (Wildman–Crippen LogP) is 2.30. The van der Waals surface area contributed by atoms with Crippen LogP contribution in [-0.4, -0.2) is 61.1 Å². The molecule has 1 aliphatic heterocycles. The van der Waals surface area contributed by atoms with Crippen molar-refractivity contribution >= 4 is 13.8 Å². The summed E-state index contributed by atoms with van der Waals surface area (Å²) < 4.78 is 45.3. The van der Waals surface area contributed by atoms with Crippen LogP contribution in [0.25, 0.3) is 0 Å². The number of carbonyl (C=O) groups is 1. The van der Waals surface area contributed by atoms with Crippen LogP contribution in [0.15, 0.2) is 60.7 Å². The molecule has 0 aromatic heterocycles. The average molecular weight is 468 g/mol. The highest BCUT2D eigenvalue weighted by atomic mass is 31.2. The third-order valence-corrected chi connectivity index (χ3v) is 6.07. The summed E-state index contributed by atoms with van der Waals surface area (Å²) in [5, 5.41) is 20.6. The van der Waals surface area contributed by atoms with Crippen molar-refractivity contribution in [1.29, 1.82) is 0 Å². The second-order valence-electron chi connectivity index (χ2n) is 6.92. The van der Waals surface area contributed by atoms with Crippen LogP contribution in [-0.2, 0) is 28.1 Å². The van der Waals surface area contributed by atoms with Crippen molar-refractivity contribution in [1.82, 2.24) is 0 Å². The lowest BCUT2D eigenvalue weighted by molar-refractivity contribution is -0.307. The van der Waals surface area contributed by atoms with Gasteiger partial charge in [-0.1, -0.05) is 36.4 Å². The van der Waals surface area contributed by atoms with Crippen molar-refractivity contribution in [3.8, 4) is 11.5 Å². The van der Waals surface area contributed by atoms with Gasteiger partial charge in [0.1, 0.15) is 23.7 Å². The molecule has 1 unspecified atom stereocenters. The number of esters is 1. The molecule has 1 aliphatic rings. The zero-order valence-electron chi connectivity index (χ0n) is 17.5. The van der Waals surface area contributed by atoms with Crippen LogP contribution in [0.3, 0.4) is 0 Å². The van der Waals surface area contributed by atoms with Gasteiger partial charge in [-0.2, -0.15) is 0 Å². The van der Waals surface area contributed by atoms with E-state index in [-0.39, 0.29) is 17.9 Å². The Morgan fingerprint density at radius 2 is 1.56 bits per heavy atom. The van der Waals surface area contributed by atoms with Crippen LogP contribution in [0, 0.1) is 0 Å². The normalized spacial score (nSPS) is 25.7. The minimum atomic E-state index is -4.29. The van der Waals surface area contributed by atoms with Gasteiger partial charge in [0.05, 0.1) is 19.8 Å². The van der Waals surface area contributed by atoms with Gasteiger partial charge < -0.3 is 33.5 Å². The molecule has 2 N–H and O–H groups in total. The molecule has 1 heterocycles. The SMILES string of the molecule is COC(=O)C1(OC)C[C@@H](O)[C@H](O)[C@@H](COP(=O)(Oc2ccccc2)Oc2ccccc2)O1. The van der Waals surface area contributed by atoms with Gasteiger partial charge in [0.15, 0.2) is 0 Å². The van der Waals surface area contributed by atoms with E-state index in [2.05, 4.69) is 0 Å². The molecule has 0 spiro atoms. The molecule has 174 valence electrons. The quantitative estimate of drug-likeness (QED) is 0.418. The zero-order valence-corrected chi connectivity index (χ0v) is 18.4. The fourth-order valence-corrected chi connectivity index (χ4v) is 4.33. The third kappa shape index (κ3) is 5.66. The van der Waals surface area contributed by atoms with Gasteiger partial charge in [0, 0.05) is 13.5 Å². The number of aliphatic hydroxyl groups is 2. The molecule has 1 fully saturated rings. The van der Waals surface area contributed by atoms with Crippen molar-refractivity contribution in [2.75, 3.05) is 20.8 Å². The maximum atomic E-state index is 13.4. The van der Waals surface area contributed by atoms with Gasteiger partial charge in [0.2, 0.25) is 0 Å². The monoisotopic (exact) mass is 468 g/mol. The van der Waals surface area contributed by atoms with E-state index in [9.17, 15) is 19.6 Å². The summed E-state index contributed by atoms with van der Waals surface area (Å²) in [5.41, 5.74) is 0. The van der Waals surface area contributed by atoms with Crippen LogP contribution in [0.4, 0.5) is 0 Å². The fourth-order valence-electron chi connectivity index (χ4n) is 3.10. The summed E-state index contributed by atoms with van der Waals surface area (Å²) in [7, 11) is -1.96. The Bertz CT molecular complexity index is 879. The number of benzene rings is 2. The maximum absolute atomic E-state index is 13.4. The first-order valence-electron chi connectivity index (χ1n) is 9.72. The van der Waals surface area contributed by atoms with Crippen LogP contribution in [0.5, 0.6) is 11.5 Å². The number of hydrogen-bond acceptors (Lipinski definition) is 10. The summed E-state index contributed by atoms with van der Waals surface area (Å²) in [4.78, 5) is 12.2. The van der Waals surface area contributed by atoms with Crippen LogP contribution < -0.4 is 9.05 Å². The molecule has 0 amide bonds. The smallest absolute Gasteiger partial charge is 0.465 e. The van der Waals surface area contributed by atoms with E-state index in [1.54, 1.807) is 60.7 Å². The molecule has 11 heteroatoms. The number of ether oxygens (including phenoxy) is 3. The number of rotatable bonds is 9. The minimum Gasteiger partial charge on any atom is -0.465 e. The summed E-state index contributed by atoms with van der Waals surface area (Å²) in [6.45, 7) is -0.558. The Morgan fingerprint density at radius 3 is 2.03 bits per heavy atom. The molecule has 0 saturated carbocycles. The molecule has 0 aliphatic carbocycles. The van der Waals surface area contributed by atoms with E-state index in [0.29, 0.717) is 0 Å². The largest absolute Gasteiger partial charge is 0.587 e. The summed E-state index contributed by atoms with van der Waals surface area (Å²) in [6.07, 6.45) is -4.55. The van der Waals surface area contributed by atoms with Crippen molar-refractivity contribution in [3.63, 3.8) is 0 Å². The number of hydrogen-bond donors (Lipinski definition) is 2. The van der Waals surface area contributed by atoms with Gasteiger partial charge in [-0.25, -0.2) is 9.36 Å². The molecular formula is C21H25O10P. The highest BCUT2D eigenvalue weighted by Gasteiger charge is 2.53.